The minimum absolute atomic E-state index is 0.00727. The summed E-state index contributed by atoms with van der Waals surface area (Å²) in [5.41, 5.74) is 1.39. The van der Waals surface area contributed by atoms with Gasteiger partial charge in [-0.2, -0.15) is 0 Å². The van der Waals surface area contributed by atoms with Crippen molar-refractivity contribution in [3.8, 4) is 0 Å². The molecule has 0 saturated carbocycles. The molecule has 0 radical (unpaired) electrons. The van der Waals surface area contributed by atoms with E-state index in [1.54, 1.807) is 16.2 Å². The first-order valence-electron chi connectivity index (χ1n) is 11.7. The maximum absolute atomic E-state index is 12.7. The second kappa shape index (κ2) is 12.0. The van der Waals surface area contributed by atoms with Gasteiger partial charge in [-0.05, 0) is 61.1 Å². The maximum atomic E-state index is 12.7. The zero-order chi connectivity index (χ0) is 23.0. The first kappa shape index (κ1) is 24.2. The fourth-order valence-corrected chi connectivity index (χ4v) is 6.44. The Hall–Kier alpha value is -1.96. The van der Waals surface area contributed by atoms with Gasteiger partial charge in [0.15, 0.2) is 0 Å². The van der Waals surface area contributed by atoms with Crippen molar-refractivity contribution in [2.24, 2.45) is 5.92 Å². The number of thiophene rings is 1. The number of thioether (sulfide) groups is 1. The van der Waals surface area contributed by atoms with Crippen molar-refractivity contribution in [1.29, 1.82) is 0 Å². The van der Waals surface area contributed by atoms with Crippen LogP contribution in [-0.2, 0) is 16.0 Å². The molecule has 0 aliphatic carbocycles. The van der Waals surface area contributed by atoms with Gasteiger partial charge in [0, 0.05) is 30.9 Å². The zero-order valence-electron chi connectivity index (χ0n) is 18.8. The fourth-order valence-electron chi connectivity index (χ4n) is 4.41. The van der Waals surface area contributed by atoms with Gasteiger partial charge in [0.2, 0.25) is 5.91 Å². The normalized spacial score (nSPS) is 18.5. The first-order valence-corrected chi connectivity index (χ1v) is 13.8. The highest BCUT2D eigenvalue weighted by molar-refractivity contribution is 8.26. The van der Waals surface area contributed by atoms with Gasteiger partial charge >= 0.3 is 0 Å². The summed E-state index contributed by atoms with van der Waals surface area (Å²) >= 11 is 8.41. The summed E-state index contributed by atoms with van der Waals surface area (Å²) < 4.78 is 0.636. The van der Waals surface area contributed by atoms with E-state index in [9.17, 15) is 9.59 Å². The lowest BCUT2D eigenvalue weighted by Gasteiger charge is -2.32. The molecular weight excluding hydrogens is 468 g/mol. The summed E-state index contributed by atoms with van der Waals surface area (Å²) in [6, 6.07) is 14.6. The van der Waals surface area contributed by atoms with Crippen molar-refractivity contribution in [1.82, 2.24) is 9.80 Å². The number of likely N-dealkylation sites (tertiary alicyclic amines) is 1. The molecule has 2 fully saturated rings. The average Bonchev–Trinajstić information content (AvgIpc) is 3.43. The number of nitrogens with zero attached hydrogens (tertiary/aromatic N) is 2. The minimum atomic E-state index is 0.00727. The molecule has 2 aromatic rings. The molecule has 174 valence electrons. The van der Waals surface area contributed by atoms with Crippen molar-refractivity contribution in [2.45, 2.75) is 44.9 Å². The highest BCUT2D eigenvalue weighted by atomic mass is 32.2. The minimum Gasteiger partial charge on any atom is -0.343 e. The van der Waals surface area contributed by atoms with Gasteiger partial charge in [0.05, 0.1) is 4.91 Å². The molecule has 0 spiro atoms. The number of carbonyl (C=O) groups is 2. The Balaban J connectivity index is 1.12. The third-order valence-electron chi connectivity index (χ3n) is 6.30. The Morgan fingerprint density at radius 3 is 2.58 bits per heavy atom. The third kappa shape index (κ3) is 6.78. The van der Waals surface area contributed by atoms with Gasteiger partial charge in [0.25, 0.3) is 5.91 Å². The van der Waals surface area contributed by atoms with E-state index < -0.39 is 0 Å². The molecule has 33 heavy (non-hydrogen) atoms. The lowest BCUT2D eigenvalue weighted by Crippen LogP contribution is -2.38. The standard InChI is InChI=1S/C26H30N2O2S3/c29-24(27-15-12-21(13-16-27)18-20-8-3-1-4-9-20)11-5-2-6-14-28-25(30)23(33-26(28)31)19-22-10-7-17-32-22/h1,3-4,7-10,17,19,21H,2,5-6,11-16,18H2. The smallest absolute Gasteiger partial charge is 0.266 e. The Morgan fingerprint density at radius 1 is 1.06 bits per heavy atom. The fraction of sp³-hybridized carbons (Fsp3) is 0.423. The van der Waals surface area contributed by atoms with E-state index in [4.69, 9.17) is 12.2 Å². The van der Waals surface area contributed by atoms with E-state index in [1.165, 1.54) is 17.3 Å². The van der Waals surface area contributed by atoms with Crippen LogP contribution in [-0.4, -0.2) is 45.6 Å². The molecule has 4 rings (SSSR count). The van der Waals surface area contributed by atoms with E-state index in [1.807, 2.05) is 28.5 Å². The van der Waals surface area contributed by atoms with Crippen LogP contribution in [0.3, 0.4) is 0 Å². The predicted octanol–water partition coefficient (Wildman–Crippen LogP) is 5.99. The van der Waals surface area contributed by atoms with Crippen LogP contribution in [0.15, 0.2) is 52.7 Å². The number of thiocarbonyl (C=S) groups is 1. The second-order valence-corrected chi connectivity index (χ2v) is 11.3. The van der Waals surface area contributed by atoms with E-state index >= 15 is 0 Å². The summed E-state index contributed by atoms with van der Waals surface area (Å²) in [6.07, 6.45) is 8.47. The highest BCUT2D eigenvalue weighted by Gasteiger charge is 2.31. The summed E-state index contributed by atoms with van der Waals surface area (Å²) in [7, 11) is 0. The second-order valence-electron chi connectivity index (χ2n) is 8.67. The number of unbranched alkanes of at least 4 members (excludes halogenated alkanes) is 2. The van der Waals surface area contributed by atoms with Crippen molar-refractivity contribution in [3.05, 3.63) is 63.2 Å². The third-order valence-corrected chi connectivity index (χ3v) is 8.49. The first-order chi connectivity index (χ1) is 16.1. The Labute approximate surface area is 210 Å². The molecule has 0 N–H and O–H groups in total. The number of rotatable bonds is 9. The number of amides is 2. The summed E-state index contributed by atoms with van der Waals surface area (Å²) in [5, 5.41) is 2.00. The molecule has 4 nitrogen and oxygen atoms in total. The van der Waals surface area contributed by atoms with E-state index in [0.29, 0.717) is 28.1 Å². The maximum Gasteiger partial charge on any atom is 0.266 e. The SMILES string of the molecule is O=C(CCCCCN1C(=O)C(=Cc2cccs2)SC1=S)N1CCC(Cc2ccccc2)CC1. The lowest BCUT2D eigenvalue weighted by atomic mass is 9.90. The van der Waals surface area contributed by atoms with Gasteiger partial charge in [0.1, 0.15) is 4.32 Å². The van der Waals surface area contributed by atoms with Gasteiger partial charge in [-0.25, -0.2) is 0 Å². The van der Waals surface area contributed by atoms with Crippen LogP contribution >= 0.6 is 35.3 Å². The van der Waals surface area contributed by atoms with E-state index in [0.717, 1.165) is 56.5 Å². The lowest BCUT2D eigenvalue weighted by molar-refractivity contribution is -0.132. The molecule has 7 heteroatoms. The van der Waals surface area contributed by atoms with Crippen LogP contribution in [0.4, 0.5) is 0 Å². The topological polar surface area (TPSA) is 40.6 Å². The monoisotopic (exact) mass is 498 g/mol. The van der Waals surface area contributed by atoms with E-state index in [2.05, 4.69) is 30.3 Å². The molecule has 0 unspecified atom stereocenters. The quantitative estimate of drug-likeness (QED) is 0.242. The van der Waals surface area contributed by atoms with Crippen molar-refractivity contribution in [3.63, 3.8) is 0 Å². The molecule has 0 bridgehead atoms. The molecule has 2 saturated heterocycles. The van der Waals surface area contributed by atoms with Gasteiger partial charge < -0.3 is 4.90 Å². The van der Waals surface area contributed by atoms with Crippen molar-refractivity contribution < 1.29 is 9.59 Å². The number of hydrogen-bond acceptors (Lipinski definition) is 5. The number of hydrogen-bond donors (Lipinski definition) is 0. The summed E-state index contributed by atoms with van der Waals surface area (Å²) in [4.78, 5) is 30.8. The number of piperidine rings is 1. The Bertz CT molecular complexity index is 980. The van der Waals surface area contributed by atoms with Gasteiger partial charge in [-0.15, -0.1) is 11.3 Å². The molecule has 2 aliphatic heterocycles. The molecular formula is C26H30N2O2S3. The predicted molar refractivity (Wildman–Crippen MR) is 142 cm³/mol. The molecule has 1 aromatic heterocycles. The van der Waals surface area contributed by atoms with Crippen LogP contribution in [0.5, 0.6) is 0 Å². The average molecular weight is 499 g/mol. The van der Waals surface area contributed by atoms with Gasteiger partial charge in [-0.1, -0.05) is 66.8 Å². The van der Waals surface area contributed by atoms with E-state index in [-0.39, 0.29) is 11.8 Å². The van der Waals surface area contributed by atoms with Crippen LogP contribution in [0.2, 0.25) is 0 Å². The summed E-state index contributed by atoms with van der Waals surface area (Å²) in [5.74, 6) is 0.959. The van der Waals surface area contributed by atoms with Crippen LogP contribution in [0.25, 0.3) is 6.08 Å². The van der Waals surface area contributed by atoms with Crippen LogP contribution in [0.1, 0.15) is 49.0 Å². The molecule has 2 aliphatic rings. The summed E-state index contributed by atoms with van der Waals surface area (Å²) in [6.45, 7) is 2.39. The van der Waals surface area contributed by atoms with Crippen LogP contribution in [0, 0.1) is 5.92 Å². The molecule has 0 atom stereocenters. The zero-order valence-corrected chi connectivity index (χ0v) is 21.2. The molecule has 3 heterocycles. The Kier molecular flexibility index (Phi) is 8.75. The van der Waals surface area contributed by atoms with Crippen LogP contribution < -0.4 is 0 Å². The number of carbonyl (C=O) groups excluding carboxylic acids is 2. The molecule has 1 aromatic carbocycles. The largest absolute Gasteiger partial charge is 0.343 e. The van der Waals surface area contributed by atoms with Gasteiger partial charge in [-0.3, -0.25) is 14.5 Å². The highest BCUT2D eigenvalue weighted by Crippen LogP contribution is 2.33. The van der Waals surface area contributed by atoms with Crippen molar-refractivity contribution in [2.75, 3.05) is 19.6 Å². The Morgan fingerprint density at radius 2 is 1.85 bits per heavy atom. The number of benzene rings is 1. The molecule has 2 amide bonds. The van der Waals surface area contributed by atoms with Crippen molar-refractivity contribution >= 4 is 57.5 Å².